The summed E-state index contributed by atoms with van der Waals surface area (Å²) in [6.07, 6.45) is 9.87. The molecule has 1 saturated carbocycles. The highest BCUT2D eigenvalue weighted by molar-refractivity contribution is 7.90. The first kappa shape index (κ1) is 32.7. The summed E-state index contributed by atoms with van der Waals surface area (Å²) in [4.78, 5) is 36.5. The van der Waals surface area contributed by atoms with Gasteiger partial charge in [0.2, 0.25) is 11.9 Å². The maximum Gasteiger partial charge on any atom is 0.323 e. The molecule has 1 amide bonds. The van der Waals surface area contributed by atoms with Crippen molar-refractivity contribution in [3.05, 3.63) is 42.7 Å². The summed E-state index contributed by atoms with van der Waals surface area (Å²) in [6, 6.07) is 9.44. The number of nitrogens with one attached hydrogen (secondary N) is 2. The lowest BCUT2D eigenvalue weighted by Gasteiger charge is -2.36. The van der Waals surface area contributed by atoms with Gasteiger partial charge in [-0.1, -0.05) is 6.07 Å². The normalized spacial score (nSPS) is 20.1. The van der Waals surface area contributed by atoms with Crippen molar-refractivity contribution in [3.8, 4) is 11.6 Å². The highest BCUT2D eigenvalue weighted by Crippen LogP contribution is 2.31. The van der Waals surface area contributed by atoms with Crippen LogP contribution in [-0.2, 0) is 24.2 Å². The van der Waals surface area contributed by atoms with Gasteiger partial charge in [0.25, 0.3) is 0 Å². The lowest BCUT2D eigenvalue weighted by molar-refractivity contribution is -0.154. The molecule has 1 aliphatic carbocycles. The molecule has 13 heteroatoms. The number of fused-ring (bicyclic) bond motifs is 1. The smallest absolute Gasteiger partial charge is 0.323 e. The van der Waals surface area contributed by atoms with Gasteiger partial charge in [0.1, 0.15) is 33.6 Å². The number of hydrogen-bond donors (Lipinski definition) is 2. The van der Waals surface area contributed by atoms with Gasteiger partial charge < -0.3 is 29.6 Å². The fraction of sp³-hybridized carbons (Fsp3) is 0.562. The molecule has 2 N–H and O–H groups in total. The summed E-state index contributed by atoms with van der Waals surface area (Å²) in [5.74, 6) is 2.02. The van der Waals surface area contributed by atoms with Crippen LogP contribution >= 0.6 is 0 Å². The van der Waals surface area contributed by atoms with Gasteiger partial charge >= 0.3 is 5.97 Å². The molecule has 0 spiro atoms. The van der Waals surface area contributed by atoms with E-state index in [0.29, 0.717) is 50.7 Å². The molecular weight excluding hydrogens is 596 g/mol. The highest BCUT2D eigenvalue weighted by atomic mass is 32.2. The molecule has 3 aromatic rings. The van der Waals surface area contributed by atoms with Crippen LogP contribution in [0.25, 0.3) is 16.7 Å². The Hall–Kier alpha value is -3.71. The van der Waals surface area contributed by atoms with Crippen molar-refractivity contribution in [1.29, 1.82) is 0 Å². The fourth-order valence-electron chi connectivity index (χ4n) is 6.02. The van der Waals surface area contributed by atoms with Gasteiger partial charge in [-0.2, -0.15) is 4.98 Å². The highest BCUT2D eigenvalue weighted by Gasteiger charge is 2.33. The first-order valence-corrected chi connectivity index (χ1v) is 17.8. The zero-order valence-electron chi connectivity index (χ0n) is 26.3. The average molecular weight is 641 g/mol. The Morgan fingerprint density at radius 2 is 1.82 bits per heavy atom. The van der Waals surface area contributed by atoms with E-state index >= 15 is 0 Å². The van der Waals surface area contributed by atoms with Crippen LogP contribution in [0.1, 0.15) is 51.9 Å². The first-order chi connectivity index (χ1) is 21.6. The predicted octanol–water partition coefficient (Wildman–Crippen LogP) is 3.35. The van der Waals surface area contributed by atoms with Crippen LogP contribution in [0.15, 0.2) is 42.7 Å². The van der Waals surface area contributed by atoms with Gasteiger partial charge in [-0.05, 0) is 70.3 Å². The summed E-state index contributed by atoms with van der Waals surface area (Å²) < 4.78 is 36.3. The minimum atomic E-state index is -3.02. The van der Waals surface area contributed by atoms with Crippen LogP contribution in [0.5, 0.6) is 5.75 Å². The second kappa shape index (κ2) is 14.6. The van der Waals surface area contributed by atoms with Gasteiger partial charge in [-0.3, -0.25) is 9.59 Å². The number of likely N-dealkylation sites (N-methyl/N-ethyl adjacent to an activating group) is 1. The molecule has 2 aromatic heterocycles. The number of ether oxygens (including phenoxy) is 2. The molecule has 45 heavy (non-hydrogen) atoms. The van der Waals surface area contributed by atoms with Crippen molar-refractivity contribution in [1.82, 2.24) is 24.8 Å². The Balaban J connectivity index is 1.12. The Morgan fingerprint density at radius 1 is 1.07 bits per heavy atom. The van der Waals surface area contributed by atoms with Crippen molar-refractivity contribution < 1.29 is 27.5 Å². The first-order valence-electron chi connectivity index (χ1n) is 15.8. The van der Waals surface area contributed by atoms with Gasteiger partial charge in [0, 0.05) is 61.9 Å². The number of amides is 1. The zero-order valence-corrected chi connectivity index (χ0v) is 27.1. The summed E-state index contributed by atoms with van der Waals surface area (Å²) in [6.45, 7) is 3.34. The summed E-state index contributed by atoms with van der Waals surface area (Å²) >= 11 is 0. The van der Waals surface area contributed by atoms with E-state index in [1.165, 1.54) is 6.26 Å². The summed E-state index contributed by atoms with van der Waals surface area (Å²) in [5, 5.41) is 7.30. The SMILES string of the molecule is CN[C@@H](C)C(=O)OC1CCN(C(=O)[C@H]2CC[C@H](Nc3nccc(-n4ccc5c(OCCCS(C)(=O)=O)cccc54)n3)CC2)CC1. The number of nitrogens with zero attached hydrogens (tertiary/aromatic N) is 4. The molecule has 2 aliphatic rings. The van der Waals surface area contributed by atoms with E-state index in [1.807, 2.05) is 46.0 Å². The minimum absolute atomic E-state index is 0.00717. The number of esters is 1. The van der Waals surface area contributed by atoms with Gasteiger partial charge in [0.05, 0.1) is 17.9 Å². The molecular formula is C32H44N6O6S. The monoisotopic (exact) mass is 640 g/mol. The molecule has 0 unspecified atom stereocenters. The quantitative estimate of drug-likeness (QED) is 0.223. The zero-order chi connectivity index (χ0) is 32.0. The third-order valence-corrected chi connectivity index (χ3v) is 9.76. The van der Waals surface area contributed by atoms with Crippen LogP contribution in [0.4, 0.5) is 5.95 Å². The number of hydrogen-bond acceptors (Lipinski definition) is 10. The van der Waals surface area contributed by atoms with E-state index in [0.717, 1.165) is 42.4 Å². The molecule has 2 fully saturated rings. The van der Waals surface area contributed by atoms with Crippen LogP contribution in [0.3, 0.4) is 0 Å². The average Bonchev–Trinajstić information content (AvgIpc) is 3.48. The van der Waals surface area contributed by atoms with Crippen molar-refractivity contribution >= 4 is 38.6 Å². The Morgan fingerprint density at radius 3 is 2.53 bits per heavy atom. The Bertz CT molecular complexity index is 1580. The van der Waals surface area contributed by atoms with Crippen LogP contribution in [-0.4, -0.2) is 96.7 Å². The predicted molar refractivity (Wildman–Crippen MR) is 172 cm³/mol. The maximum absolute atomic E-state index is 13.2. The third kappa shape index (κ3) is 8.51. The lowest BCUT2D eigenvalue weighted by atomic mass is 9.85. The van der Waals surface area contributed by atoms with Crippen LogP contribution in [0.2, 0.25) is 0 Å². The summed E-state index contributed by atoms with van der Waals surface area (Å²) in [7, 11) is -1.29. The van der Waals surface area contributed by atoms with E-state index in [1.54, 1.807) is 20.2 Å². The molecule has 244 valence electrons. The number of anilines is 1. The standard InChI is InChI=1S/C32H44N6O6S/c1-22(33-2)31(40)44-25-13-17-37(18-14-25)30(39)23-8-10-24(11-9-23)35-32-34-16-12-29(36-32)38-19-15-26-27(38)6-4-7-28(26)43-20-5-21-45(3,41)42/h4,6-7,12,15-16,19,22-25,33H,5,8-11,13-14,17-18,20-21H2,1-3H3,(H,34,35,36)/t22-,23-,24-/m0/s1. The molecule has 1 aromatic carbocycles. The summed E-state index contributed by atoms with van der Waals surface area (Å²) in [5.41, 5.74) is 0.925. The second-order valence-corrected chi connectivity index (χ2v) is 14.4. The molecule has 5 rings (SSSR count). The van der Waals surface area contributed by atoms with Crippen molar-refractivity contribution in [2.45, 2.75) is 70.1 Å². The largest absolute Gasteiger partial charge is 0.493 e. The number of rotatable bonds is 12. The lowest BCUT2D eigenvalue weighted by Crippen LogP contribution is -2.46. The number of carbonyl (C=O) groups excluding carboxylic acids is 2. The van der Waals surface area contributed by atoms with Crippen molar-refractivity contribution in [2.75, 3.05) is 44.1 Å². The topological polar surface area (TPSA) is 145 Å². The minimum Gasteiger partial charge on any atom is -0.493 e. The van der Waals surface area contributed by atoms with Crippen LogP contribution in [0, 0.1) is 5.92 Å². The molecule has 1 atom stereocenters. The van der Waals surface area contributed by atoms with Gasteiger partial charge in [0.15, 0.2) is 0 Å². The molecule has 0 bridgehead atoms. The third-order valence-electron chi connectivity index (χ3n) is 8.73. The number of carbonyl (C=O) groups is 2. The van der Waals surface area contributed by atoms with E-state index in [4.69, 9.17) is 14.5 Å². The molecule has 12 nitrogen and oxygen atoms in total. The fourth-order valence-corrected chi connectivity index (χ4v) is 6.67. The molecule has 1 saturated heterocycles. The van der Waals surface area contributed by atoms with E-state index < -0.39 is 9.84 Å². The number of benzene rings is 1. The number of piperidine rings is 1. The van der Waals surface area contributed by atoms with E-state index in [2.05, 4.69) is 15.6 Å². The Labute approximate surface area is 264 Å². The number of sulfone groups is 1. The van der Waals surface area contributed by atoms with E-state index in [-0.39, 0.29) is 41.7 Å². The van der Waals surface area contributed by atoms with Crippen molar-refractivity contribution in [2.24, 2.45) is 5.92 Å². The van der Waals surface area contributed by atoms with Gasteiger partial charge in [-0.25, -0.2) is 13.4 Å². The maximum atomic E-state index is 13.2. The van der Waals surface area contributed by atoms with Crippen LogP contribution < -0.4 is 15.4 Å². The number of likely N-dealkylation sites (tertiary alicyclic amines) is 1. The second-order valence-electron chi connectivity index (χ2n) is 12.1. The molecule has 1 aliphatic heterocycles. The van der Waals surface area contributed by atoms with E-state index in [9.17, 15) is 18.0 Å². The molecule has 3 heterocycles. The molecule has 0 radical (unpaired) electrons. The van der Waals surface area contributed by atoms with Crippen molar-refractivity contribution in [3.63, 3.8) is 0 Å². The Kier molecular flexibility index (Phi) is 10.6. The number of aromatic nitrogens is 3. The van der Waals surface area contributed by atoms with Gasteiger partial charge in [-0.15, -0.1) is 0 Å².